The number of thioether (sulfide) groups is 1. The third-order valence-corrected chi connectivity index (χ3v) is 4.18. The van der Waals surface area contributed by atoms with Gasteiger partial charge < -0.3 is 10.5 Å². The first-order valence-electron chi connectivity index (χ1n) is 5.97. The van der Waals surface area contributed by atoms with Gasteiger partial charge in [-0.1, -0.05) is 12.1 Å². The smallest absolute Gasteiger partial charge is 0.129 e. The highest BCUT2D eigenvalue weighted by Crippen LogP contribution is 2.20. The Balaban J connectivity index is 2.02. The van der Waals surface area contributed by atoms with Crippen molar-refractivity contribution in [2.24, 2.45) is 5.73 Å². The fourth-order valence-electron chi connectivity index (χ4n) is 2.12. The summed E-state index contributed by atoms with van der Waals surface area (Å²) in [5, 5.41) is 0. The predicted octanol–water partition coefficient (Wildman–Crippen LogP) is 1.44. The first kappa shape index (κ1) is 13.5. The van der Waals surface area contributed by atoms with Gasteiger partial charge in [0.05, 0.1) is 5.92 Å². The molecule has 18 heavy (non-hydrogen) atoms. The highest BCUT2D eigenvalue weighted by Gasteiger charge is 2.23. The van der Waals surface area contributed by atoms with Gasteiger partial charge in [0.2, 0.25) is 0 Å². The lowest BCUT2D eigenvalue weighted by molar-refractivity contribution is -0.109. The van der Waals surface area contributed by atoms with Crippen LogP contribution in [0.5, 0.6) is 0 Å². The van der Waals surface area contributed by atoms with Crippen molar-refractivity contribution in [1.82, 2.24) is 4.90 Å². The first-order chi connectivity index (χ1) is 8.70. The van der Waals surface area contributed by atoms with Crippen LogP contribution in [0.4, 0.5) is 4.39 Å². The molecule has 1 aromatic rings. The molecule has 0 amide bonds. The van der Waals surface area contributed by atoms with Crippen LogP contribution in [0, 0.1) is 5.82 Å². The van der Waals surface area contributed by atoms with E-state index in [4.69, 9.17) is 5.73 Å². The second-order valence-corrected chi connectivity index (χ2v) is 5.57. The van der Waals surface area contributed by atoms with Gasteiger partial charge in [0.15, 0.2) is 0 Å². The number of nitrogens with two attached hydrogens (primary N) is 1. The number of nitrogens with zero attached hydrogens (tertiary/aromatic N) is 1. The van der Waals surface area contributed by atoms with E-state index in [1.54, 1.807) is 12.1 Å². The Morgan fingerprint density at radius 3 is 2.72 bits per heavy atom. The summed E-state index contributed by atoms with van der Waals surface area (Å²) >= 11 is 1.87. The van der Waals surface area contributed by atoms with Crippen LogP contribution in [0.25, 0.3) is 0 Å². The van der Waals surface area contributed by atoms with Gasteiger partial charge in [0, 0.05) is 30.8 Å². The van der Waals surface area contributed by atoms with Crippen molar-refractivity contribution in [3.05, 3.63) is 35.6 Å². The molecule has 0 aromatic heterocycles. The van der Waals surface area contributed by atoms with Crippen molar-refractivity contribution >= 4 is 18.0 Å². The van der Waals surface area contributed by atoms with Crippen molar-refractivity contribution < 1.29 is 9.18 Å². The number of benzene rings is 1. The Hall–Kier alpha value is -0.910. The summed E-state index contributed by atoms with van der Waals surface area (Å²) < 4.78 is 12.9. The Morgan fingerprint density at radius 2 is 2.17 bits per heavy atom. The van der Waals surface area contributed by atoms with E-state index in [9.17, 15) is 9.18 Å². The average Bonchev–Trinajstić information content (AvgIpc) is 2.85. The number of rotatable bonds is 5. The minimum absolute atomic E-state index is 0.244. The van der Waals surface area contributed by atoms with Gasteiger partial charge in [-0.15, -0.1) is 11.8 Å². The zero-order valence-electron chi connectivity index (χ0n) is 10.1. The number of halogens is 1. The highest BCUT2D eigenvalue weighted by molar-refractivity contribution is 7.99. The van der Waals surface area contributed by atoms with Crippen LogP contribution in [-0.4, -0.2) is 41.9 Å². The Kier molecular flexibility index (Phi) is 4.74. The zero-order chi connectivity index (χ0) is 13.0. The van der Waals surface area contributed by atoms with E-state index in [1.165, 1.54) is 12.1 Å². The molecule has 1 aromatic carbocycles. The quantitative estimate of drug-likeness (QED) is 0.821. The Morgan fingerprint density at radius 1 is 1.44 bits per heavy atom. The minimum atomic E-state index is -0.365. The van der Waals surface area contributed by atoms with Crippen LogP contribution < -0.4 is 5.73 Å². The van der Waals surface area contributed by atoms with E-state index < -0.39 is 0 Å². The van der Waals surface area contributed by atoms with Crippen LogP contribution in [0.1, 0.15) is 11.5 Å². The molecule has 0 radical (unpaired) electrons. The van der Waals surface area contributed by atoms with E-state index in [0.717, 1.165) is 30.0 Å². The van der Waals surface area contributed by atoms with Crippen molar-refractivity contribution in [3.8, 4) is 0 Å². The standard InChI is InChI=1S/C13H17FN2OS/c14-11-3-1-10(2-4-11)12(8-17)13(15)7-16-5-6-18-9-16/h1-4,8,12-13H,5-7,9,15H2/t12-,13-/m0/s1. The summed E-state index contributed by atoms with van der Waals surface area (Å²) in [6.07, 6.45) is 0.862. The minimum Gasteiger partial charge on any atom is -0.326 e. The third kappa shape index (κ3) is 3.31. The second kappa shape index (κ2) is 6.31. The third-order valence-electron chi connectivity index (χ3n) is 3.16. The molecular formula is C13H17FN2OS. The topological polar surface area (TPSA) is 46.3 Å². The van der Waals surface area contributed by atoms with Gasteiger partial charge in [-0.3, -0.25) is 4.90 Å². The second-order valence-electron chi connectivity index (χ2n) is 4.49. The molecule has 5 heteroatoms. The molecule has 2 rings (SSSR count). The number of carbonyl (C=O) groups is 1. The lowest BCUT2D eigenvalue weighted by Gasteiger charge is -2.24. The van der Waals surface area contributed by atoms with Crippen molar-refractivity contribution in [3.63, 3.8) is 0 Å². The molecule has 2 N–H and O–H groups in total. The number of hydrogen-bond donors (Lipinski definition) is 1. The summed E-state index contributed by atoms with van der Waals surface area (Å²) in [5.41, 5.74) is 6.89. The van der Waals surface area contributed by atoms with Gasteiger partial charge in [-0.05, 0) is 17.7 Å². The van der Waals surface area contributed by atoms with Crippen molar-refractivity contribution in [2.75, 3.05) is 24.7 Å². The molecule has 1 heterocycles. The van der Waals surface area contributed by atoms with Crippen molar-refractivity contribution in [2.45, 2.75) is 12.0 Å². The molecule has 1 aliphatic rings. The molecule has 2 atom stereocenters. The van der Waals surface area contributed by atoms with Gasteiger partial charge in [0.1, 0.15) is 12.1 Å². The molecule has 0 aliphatic carbocycles. The van der Waals surface area contributed by atoms with E-state index in [1.807, 2.05) is 11.8 Å². The zero-order valence-corrected chi connectivity index (χ0v) is 10.9. The average molecular weight is 268 g/mol. The van der Waals surface area contributed by atoms with Gasteiger partial charge in [-0.25, -0.2) is 4.39 Å². The molecule has 0 bridgehead atoms. The monoisotopic (exact) mass is 268 g/mol. The van der Waals surface area contributed by atoms with Crippen molar-refractivity contribution in [1.29, 1.82) is 0 Å². The molecule has 1 aliphatic heterocycles. The lowest BCUT2D eigenvalue weighted by Crippen LogP contribution is -2.40. The number of aldehydes is 1. The van der Waals surface area contributed by atoms with E-state index in [0.29, 0.717) is 6.54 Å². The van der Waals surface area contributed by atoms with Crippen LogP contribution >= 0.6 is 11.8 Å². The normalized spacial score (nSPS) is 19.7. The summed E-state index contributed by atoms with van der Waals surface area (Å²) in [6, 6.07) is 5.75. The molecule has 0 unspecified atom stereocenters. The highest BCUT2D eigenvalue weighted by atomic mass is 32.2. The number of hydrogen-bond acceptors (Lipinski definition) is 4. The summed E-state index contributed by atoms with van der Waals surface area (Å²) in [6.45, 7) is 1.72. The molecule has 1 fully saturated rings. The maximum absolute atomic E-state index is 12.9. The molecule has 0 spiro atoms. The largest absolute Gasteiger partial charge is 0.326 e. The lowest BCUT2D eigenvalue weighted by atomic mass is 9.93. The van der Waals surface area contributed by atoms with Gasteiger partial charge >= 0.3 is 0 Å². The Labute approximate surface area is 111 Å². The summed E-state index contributed by atoms with van der Waals surface area (Å²) in [7, 11) is 0. The Bertz CT molecular complexity index is 392. The van der Waals surface area contributed by atoms with E-state index >= 15 is 0 Å². The van der Waals surface area contributed by atoms with Gasteiger partial charge in [-0.2, -0.15) is 0 Å². The fraction of sp³-hybridized carbons (Fsp3) is 0.462. The van der Waals surface area contributed by atoms with Crippen LogP contribution in [0.3, 0.4) is 0 Å². The molecule has 0 saturated carbocycles. The summed E-state index contributed by atoms with van der Waals surface area (Å²) in [5.74, 6) is 1.43. The van der Waals surface area contributed by atoms with E-state index in [-0.39, 0.29) is 17.8 Å². The van der Waals surface area contributed by atoms with E-state index in [2.05, 4.69) is 4.90 Å². The maximum atomic E-state index is 12.9. The fourth-order valence-corrected chi connectivity index (χ4v) is 3.13. The van der Waals surface area contributed by atoms with Crippen LogP contribution in [-0.2, 0) is 4.79 Å². The number of carbonyl (C=O) groups excluding carboxylic acids is 1. The molecule has 1 saturated heterocycles. The van der Waals surface area contributed by atoms with Crippen LogP contribution in [0.2, 0.25) is 0 Å². The maximum Gasteiger partial charge on any atom is 0.129 e. The predicted molar refractivity (Wildman–Crippen MR) is 72.1 cm³/mol. The molecule has 98 valence electrons. The van der Waals surface area contributed by atoms with Crippen LogP contribution in [0.15, 0.2) is 24.3 Å². The summed E-state index contributed by atoms with van der Waals surface area (Å²) in [4.78, 5) is 13.5. The molecule has 3 nitrogen and oxygen atoms in total. The SMILES string of the molecule is N[C@@H](CN1CCSC1)[C@@H](C=O)c1ccc(F)cc1. The first-order valence-corrected chi connectivity index (χ1v) is 7.12. The molecular weight excluding hydrogens is 251 g/mol. The van der Waals surface area contributed by atoms with Gasteiger partial charge in [0.25, 0.3) is 0 Å².